The number of hydrogen-bond acceptors (Lipinski definition) is 5. The minimum Gasteiger partial charge on any atom is -0.469 e. The number of ether oxygens (including phenoxy) is 3. The van der Waals surface area contributed by atoms with Crippen LogP contribution >= 0.6 is 0 Å². The summed E-state index contributed by atoms with van der Waals surface area (Å²) in [5.41, 5.74) is 0. The number of hydrogen-bond donors (Lipinski definition) is 2. The van der Waals surface area contributed by atoms with E-state index in [1.165, 1.54) is 0 Å². The second-order valence-corrected chi connectivity index (χ2v) is 5.84. The number of methoxy groups -OCH3 is 1. The Labute approximate surface area is 143 Å². The lowest BCUT2D eigenvalue weighted by Crippen LogP contribution is -2.45. The van der Waals surface area contributed by atoms with Crippen molar-refractivity contribution in [2.75, 3.05) is 46.6 Å². The smallest absolute Gasteiger partial charge is 0.191 e. The van der Waals surface area contributed by atoms with Gasteiger partial charge in [-0.05, 0) is 25.5 Å². The van der Waals surface area contributed by atoms with Gasteiger partial charge in [-0.3, -0.25) is 4.99 Å². The predicted molar refractivity (Wildman–Crippen MR) is 92.4 cm³/mol. The molecule has 0 saturated carbocycles. The molecule has 0 amide bonds. The van der Waals surface area contributed by atoms with Gasteiger partial charge in [-0.15, -0.1) is 0 Å². The molecule has 24 heavy (non-hydrogen) atoms. The number of guanidine groups is 1. The standard InChI is InChI=1S/C17H29N3O4/c1-14(12-24-16-6-10-22-13-16)20-17(19-8-11-21-2)18-7-5-15-4-3-9-23-15/h3-4,9,14,16H,5-8,10-13H2,1-2H3,(H2,18,19,20). The number of nitrogens with zero attached hydrogens (tertiary/aromatic N) is 1. The molecule has 0 aromatic carbocycles. The third kappa shape index (κ3) is 7.33. The second-order valence-electron chi connectivity index (χ2n) is 5.84. The van der Waals surface area contributed by atoms with Crippen LogP contribution in [0.3, 0.4) is 0 Å². The maximum Gasteiger partial charge on any atom is 0.191 e. The topological polar surface area (TPSA) is 77.2 Å². The van der Waals surface area contributed by atoms with Crippen LogP contribution in [0.5, 0.6) is 0 Å². The molecule has 1 aliphatic heterocycles. The second kappa shape index (κ2) is 11.1. The molecule has 1 aromatic rings. The Morgan fingerprint density at radius 2 is 2.42 bits per heavy atom. The fourth-order valence-corrected chi connectivity index (χ4v) is 2.36. The molecular formula is C17H29N3O4. The molecule has 136 valence electrons. The van der Waals surface area contributed by atoms with Gasteiger partial charge in [0.1, 0.15) is 5.76 Å². The van der Waals surface area contributed by atoms with Crippen LogP contribution in [-0.4, -0.2) is 64.7 Å². The highest BCUT2D eigenvalue weighted by Gasteiger charge is 2.17. The van der Waals surface area contributed by atoms with Crippen molar-refractivity contribution in [2.24, 2.45) is 4.99 Å². The summed E-state index contributed by atoms with van der Waals surface area (Å²) in [6.07, 6.45) is 3.69. The molecule has 1 fully saturated rings. The molecule has 2 unspecified atom stereocenters. The molecule has 1 saturated heterocycles. The normalized spacial score (nSPS) is 19.4. The summed E-state index contributed by atoms with van der Waals surface area (Å²) >= 11 is 0. The third-order valence-corrected chi connectivity index (χ3v) is 3.66. The van der Waals surface area contributed by atoms with Gasteiger partial charge in [-0.2, -0.15) is 0 Å². The zero-order valence-corrected chi connectivity index (χ0v) is 14.6. The van der Waals surface area contributed by atoms with Gasteiger partial charge in [-0.25, -0.2) is 0 Å². The zero-order chi connectivity index (χ0) is 17.0. The lowest BCUT2D eigenvalue weighted by atomic mass is 10.3. The van der Waals surface area contributed by atoms with Crippen molar-refractivity contribution in [3.63, 3.8) is 0 Å². The highest BCUT2D eigenvalue weighted by atomic mass is 16.5. The van der Waals surface area contributed by atoms with Crippen molar-refractivity contribution in [3.8, 4) is 0 Å². The molecule has 2 N–H and O–H groups in total. The fraction of sp³-hybridized carbons (Fsp3) is 0.706. The van der Waals surface area contributed by atoms with Gasteiger partial charge >= 0.3 is 0 Å². The Morgan fingerprint density at radius 3 is 3.12 bits per heavy atom. The summed E-state index contributed by atoms with van der Waals surface area (Å²) in [5, 5.41) is 6.69. The molecule has 0 aliphatic carbocycles. The summed E-state index contributed by atoms with van der Waals surface area (Å²) in [6.45, 7) is 6.14. The molecule has 2 heterocycles. The van der Waals surface area contributed by atoms with Crippen LogP contribution in [0.2, 0.25) is 0 Å². The summed E-state index contributed by atoms with van der Waals surface area (Å²) < 4.78 is 21.6. The molecular weight excluding hydrogens is 310 g/mol. The van der Waals surface area contributed by atoms with Gasteiger partial charge in [-0.1, -0.05) is 0 Å². The van der Waals surface area contributed by atoms with Crippen molar-refractivity contribution in [1.29, 1.82) is 0 Å². The van der Waals surface area contributed by atoms with E-state index in [0.29, 0.717) is 26.4 Å². The Morgan fingerprint density at radius 1 is 1.50 bits per heavy atom. The molecule has 0 spiro atoms. The quantitative estimate of drug-likeness (QED) is 0.379. The van der Waals surface area contributed by atoms with Crippen molar-refractivity contribution >= 4 is 5.96 Å². The fourth-order valence-electron chi connectivity index (χ4n) is 2.36. The average molecular weight is 339 g/mol. The number of aliphatic imine (C=N–C) groups is 1. The number of nitrogens with one attached hydrogen (secondary N) is 2. The third-order valence-electron chi connectivity index (χ3n) is 3.66. The van der Waals surface area contributed by atoms with E-state index < -0.39 is 0 Å². The molecule has 2 rings (SSSR count). The predicted octanol–water partition coefficient (Wildman–Crippen LogP) is 1.20. The Hall–Kier alpha value is -1.57. The van der Waals surface area contributed by atoms with E-state index in [0.717, 1.165) is 37.7 Å². The Bertz CT molecular complexity index is 458. The molecule has 0 radical (unpaired) electrons. The summed E-state index contributed by atoms with van der Waals surface area (Å²) in [6, 6.07) is 4.02. The van der Waals surface area contributed by atoms with Crippen molar-refractivity contribution < 1.29 is 18.6 Å². The van der Waals surface area contributed by atoms with Gasteiger partial charge in [0.2, 0.25) is 0 Å². The van der Waals surface area contributed by atoms with E-state index in [1.54, 1.807) is 13.4 Å². The molecule has 2 atom stereocenters. The minimum atomic E-state index is 0.156. The highest BCUT2D eigenvalue weighted by Crippen LogP contribution is 2.08. The largest absolute Gasteiger partial charge is 0.469 e. The van der Waals surface area contributed by atoms with Crippen LogP contribution in [0.25, 0.3) is 0 Å². The lowest BCUT2D eigenvalue weighted by molar-refractivity contribution is 0.0347. The Kier molecular flexibility index (Phi) is 8.65. The van der Waals surface area contributed by atoms with E-state index in [-0.39, 0.29) is 12.1 Å². The van der Waals surface area contributed by atoms with Gasteiger partial charge in [0, 0.05) is 32.7 Å². The highest BCUT2D eigenvalue weighted by molar-refractivity contribution is 5.80. The van der Waals surface area contributed by atoms with Crippen molar-refractivity contribution in [3.05, 3.63) is 24.2 Å². The van der Waals surface area contributed by atoms with Crippen LogP contribution in [-0.2, 0) is 20.6 Å². The zero-order valence-electron chi connectivity index (χ0n) is 14.6. The Balaban J connectivity index is 1.72. The monoisotopic (exact) mass is 339 g/mol. The molecule has 7 nitrogen and oxygen atoms in total. The molecule has 1 aromatic heterocycles. The summed E-state index contributed by atoms with van der Waals surface area (Å²) in [7, 11) is 1.67. The van der Waals surface area contributed by atoms with E-state index in [9.17, 15) is 0 Å². The van der Waals surface area contributed by atoms with E-state index in [4.69, 9.17) is 18.6 Å². The van der Waals surface area contributed by atoms with Gasteiger partial charge in [0.15, 0.2) is 5.96 Å². The van der Waals surface area contributed by atoms with E-state index >= 15 is 0 Å². The SMILES string of the molecule is COCCN=C(NCCc1ccco1)NC(C)COC1CCOC1. The van der Waals surface area contributed by atoms with Gasteiger partial charge < -0.3 is 29.3 Å². The van der Waals surface area contributed by atoms with Gasteiger partial charge in [0.05, 0.1) is 38.7 Å². The first-order valence-corrected chi connectivity index (χ1v) is 8.53. The van der Waals surface area contributed by atoms with E-state index in [2.05, 4.69) is 22.5 Å². The van der Waals surface area contributed by atoms with Crippen LogP contribution in [0.4, 0.5) is 0 Å². The molecule has 1 aliphatic rings. The van der Waals surface area contributed by atoms with Crippen LogP contribution in [0.15, 0.2) is 27.8 Å². The minimum absolute atomic E-state index is 0.156. The first kappa shape index (κ1) is 18.8. The summed E-state index contributed by atoms with van der Waals surface area (Å²) in [4.78, 5) is 4.51. The van der Waals surface area contributed by atoms with Crippen LogP contribution in [0.1, 0.15) is 19.1 Å². The van der Waals surface area contributed by atoms with Crippen molar-refractivity contribution in [2.45, 2.75) is 31.9 Å². The molecule has 0 bridgehead atoms. The van der Waals surface area contributed by atoms with Crippen LogP contribution < -0.4 is 10.6 Å². The maximum atomic E-state index is 5.84. The first-order valence-electron chi connectivity index (χ1n) is 8.53. The average Bonchev–Trinajstić information content (AvgIpc) is 3.26. The number of furan rings is 1. The lowest BCUT2D eigenvalue weighted by Gasteiger charge is -2.20. The van der Waals surface area contributed by atoms with Crippen LogP contribution in [0, 0.1) is 0 Å². The first-order chi connectivity index (χ1) is 11.8. The maximum absolute atomic E-state index is 5.84. The van der Waals surface area contributed by atoms with E-state index in [1.807, 2.05) is 12.1 Å². The number of rotatable bonds is 10. The summed E-state index contributed by atoms with van der Waals surface area (Å²) in [5.74, 6) is 1.72. The molecule has 7 heteroatoms. The van der Waals surface area contributed by atoms with Gasteiger partial charge in [0.25, 0.3) is 0 Å². The van der Waals surface area contributed by atoms with Crippen molar-refractivity contribution in [1.82, 2.24) is 10.6 Å².